The lowest BCUT2D eigenvalue weighted by atomic mass is 10.0. The molecule has 0 bridgehead atoms. The minimum atomic E-state index is -1.10. The first-order valence-electron chi connectivity index (χ1n) is 9.02. The van der Waals surface area contributed by atoms with E-state index in [2.05, 4.69) is 0 Å². The average Bonchev–Trinajstić information content (AvgIpc) is 3.25. The van der Waals surface area contributed by atoms with Gasteiger partial charge in [-0.15, -0.1) is 0 Å². The number of carboxylic acid groups (broad SMARTS) is 1. The first-order chi connectivity index (χ1) is 14.2. The summed E-state index contributed by atoms with van der Waals surface area (Å²) in [4.78, 5) is 36.3. The number of carboxylic acids is 1. The molecule has 1 amide bonds. The van der Waals surface area contributed by atoms with Crippen LogP contribution in [0.2, 0.25) is 0 Å². The summed E-state index contributed by atoms with van der Waals surface area (Å²) in [7, 11) is 0. The van der Waals surface area contributed by atoms with Gasteiger partial charge < -0.3 is 9.52 Å². The predicted octanol–water partition coefficient (Wildman–Crippen LogP) is 4.56. The van der Waals surface area contributed by atoms with Crippen molar-refractivity contribution in [3.63, 3.8) is 0 Å². The molecule has 1 aliphatic heterocycles. The molecule has 1 atom stereocenters. The van der Waals surface area contributed by atoms with Gasteiger partial charge in [0.1, 0.15) is 21.9 Å². The van der Waals surface area contributed by atoms with Gasteiger partial charge in [0, 0.05) is 23.8 Å². The number of hydrogen-bond donors (Lipinski definition) is 1. The second kappa shape index (κ2) is 8.80. The van der Waals surface area contributed by atoms with Gasteiger partial charge in [-0.25, -0.2) is 4.79 Å². The third-order valence-corrected chi connectivity index (χ3v) is 5.69. The van der Waals surface area contributed by atoms with E-state index in [-0.39, 0.29) is 27.3 Å². The number of carbonyl (C=O) groups is 2. The minimum Gasteiger partial charge on any atom is -0.480 e. The summed E-state index contributed by atoms with van der Waals surface area (Å²) in [6, 6.07) is 8.26. The lowest BCUT2D eigenvalue weighted by Crippen LogP contribution is -2.44. The molecule has 0 aliphatic carbocycles. The number of nitro groups is 1. The maximum Gasteiger partial charge on any atom is 0.326 e. The molecular weight excluding hydrogens is 428 g/mol. The van der Waals surface area contributed by atoms with Gasteiger partial charge in [-0.05, 0) is 24.5 Å². The zero-order chi connectivity index (χ0) is 22.0. The summed E-state index contributed by atoms with van der Waals surface area (Å²) in [6.45, 7) is 3.75. The number of rotatable bonds is 7. The zero-order valence-electron chi connectivity index (χ0n) is 16.1. The molecule has 0 spiro atoms. The monoisotopic (exact) mass is 446 g/mol. The van der Waals surface area contributed by atoms with E-state index in [1.807, 2.05) is 13.8 Å². The topological polar surface area (TPSA) is 114 Å². The number of amides is 1. The number of aliphatic carboxylic acids is 1. The number of non-ortho nitro benzene ring substituents is 1. The fraction of sp³-hybridized carbons (Fsp3) is 0.250. The van der Waals surface area contributed by atoms with Crippen LogP contribution < -0.4 is 0 Å². The maximum absolute atomic E-state index is 12.8. The highest BCUT2D eigenvalue weighted by molar-refractivity contribution is 8.26. The Morgan fingerprint density at radius 3 is 2.73 bits per heavy atom. The predicted molar refractivity (Wildman–Crippen MR) is 117 cm³/mol. The minimum absolute atomic E-state index is 0.0591. The fourth-order valence-corrected chi connectivity index (χ4v) is 4.34. The van der Waals surface area contributed by atoms with Gasteiger partial charge in [-0.2, -0.15) is 0 Å². The van der Waals surface area contributed by atoms with Crippen LogP contribution in [0.1, 0.15) is 26.0 Å². The Balaban J connectivity index is 1.85. The molecule has 0 radical (unpaired) electrons. The van der Waals surface area contributed by atoms with Crippen molar-refractivity contribution >= 4 is 51.9 Å². The maximum atomic E-state index is 12.8. The Bertz CT molecular complexity index is 1060. The van der Waals surface area contributed by atoms with Gasteiger partial charge >= 0.3 is 5.97 Å². The van der Waals surface area contributed by atoms with Crippen LogP contribution in [0.3, 0.4) is 0 Å². The molecule has 1 fully saturated rings. The summed E-state index contributed by atoms with van der Waals surface area (Å²) in [6.07, 6.45) is 1.78. The molecule has 1 aromatic heterocycles. The van der Waals surface area contributed by atoms with Crippen LogP contribution >= 0.6 is 24.0 Å². The molecule has 10 heteroatoms. The fourth-order valence-electron chi connectivity index (χ4n) is 3.00. The Morgan fingerprint density at radius 1 is 1.37 bits per heavy atom. The van der Waals surface area contributed by atoms with E-state index in [1.54, 1.807) is 24.3 Å². The van der Waals surface area contributed by atoms with Crippen LogP contribution in [0.15, 0.2) is 45.7 Å². The van der Waals surface area contributed by atoms with Gasteiger partial charge in [-0.3, -0.25) is 19.8 Å². The Hall–Kier alpha value is -2.98. The third kappa shape index (κ3) is 4.60. The van der Waals surface area contributed by atoms with Crippen molar-refractivity contribution in [1.82, 2.24) is 4.90 Å². The molecule has 1 N–H and O–H groups in total. The number of thiocarbonyl (C=S) groups is 1. The van der Waals surface area contributed by atoms with Gasteiger partial charge in [0.05, 0.1) is 9.83 Å². The van der Waals surface area contributed by atoms with Crippen molar-refractivity contribution in [2.75, 3.05) is 0 Å². The van der Waals surface area contributed by atoms with Crippen LogP contribution in [-0.4, -0.2) is 37.2 Å². The van der Waals surface area contributed by atoms with E-state index in [4.69, 9.17) is 16.6 Å². The number of nitrogens with zero attached hydrogens (tertiary/aromatic N) is 2. The number of hydrogen-bond acceptors (Lipinski definition) is 7. The summed E-state index contributed by atoms with van der Waals surface area (Å²) in [5, 5.41) is 20.5. The average molecular weight is 447 g/mol. The zero-order valence-corrected chi connectivity index (χ0v) is 17.7. The quantitative estimate of drug-likeness (QED) is 0.285. The molecule has 3 rings (SSSR count). The van der Waals surface area contributed by atoms with E-state index in [1.165, 1.54) is 18.2 Å². The van der Waals surface area contributed by atoms with Crippen molar-refractivity contribution in [2.24, 2.45) is 5.92 Å². The van der Waals surface area contributed by atoms with E-state index >= 15 is 0 Å². The lowest BCUT2D eigenvalue weighted by molar-refractivity contribution is -0.384. The molecule has 0 saturated carbocycles. The second-order valence-electron chi connectivity index (χ2n) is 7.04. The van der Waals surface area contributed by atoms with Gasteiger partial charge in [-0.1, -0.05) is 50.0 Å². The van der Waals surface area contributed by atoms with Crippen LogP contribution in [0.4, 0.5) is 5.69 Å². The highest BCUT2D eigenvalue weighted by Gasteiger charge is 2.40. The molecule has 2 aromatic rings. The smallest absolute Gasteiger partial charge is 0.326 e. The molecule has 0 unspecified atom stereocenters. The highest BCUT2D eigenvalue weighted by Crippen LogP contribution is 2.36. The van der Waals surface area contributed by atoms with Crippen molar-refractivity contribution in [2.45, 2.75) is 26.3 Å². The van der Waals surface area contributed by atoms with Crippen LogP contribution in [0.5, 0.6) is 0 Å². The van der Waals surface area contributed by atoms with Gasteiger partial charge in [0.15, 0.2) is 0 Å². The standard InChI is InChI=1S/C20H18N2O6S2/c1-11(2)8-15(19(24)25)21-18(23)17(30-20(21)29)10-14-6-7-16(28-14)12-4-3-5-13(9-12)22(26)27/h3-7,9-11,15H,8H2,1-2H3,(H,24,25)/b17-10+/t15-/m1/s1. The number of nitro benzene ring substituents is 1. The van der Waals surface area contributed by atoms with E-state index in [9.17, 15) is 24.8 Å². The van der Waals surface area contributed by atoms with E-state index < -0.39 is 22.8 Å². The van der Waals surface area contributed by atoms with Gasteiger partial charge in [0.2, 0.25) is 0 Å². The third-order valence-electron chi connectivity index (χ3n) is 4.36. The van der Waals surface area contributed by atoms with Crippen molar-refractivity contribution in [1.29, 1.82) is 0 Å². The molecule has 156 valence electrons. The molecule has 1 aliphatic rings. The van der Waals surface area contributed by atoms with E-state index in [0.29, 0.717) is 17.1 Å². The van der Waals surface area contributed by atoms with Crippen LogP contribution in [-0.2, 0) is 9.59 Å². The second-order valence-corrected chi connectivity index (χ2v) is 8.72. The first-order valence-corrected chi connectivity index (χ1v) is 10.2. The summed E-state index contributed by atoms with van der Waals surface area (Å²) in [5.41, 5.74) is 0.468. The largest absolute Gasteiger partial charge is 0.480 e. The summed E-state index contributed by atoms with van der Waals surface area (Å²) >= 11 is 6.27. The molecule has 2 heterocycles. The Morgan fingerprint density at radius 2 is 2.10 bits per heavy atom. The van der Waals surface area contributed by atoms with Crippen molar-refractivity contribution in [3.8, 4) is 11.3 Å². The molecule has 30 heavy (non-hydrogen) atoms. The SMILES string of the molecule is CC(C)C[C@H](C(=O)O)N1C(=O)/C(=C\c2ccc(-c3cccc([N+](=O)[O-])c3)o2)SC1=S. The van der Waals surface area contributed by atoms with Crippen LogP contribution in [0, 0.1) is 16.0 Å². The first kappa shape index (κ1) is 21.7. The summed E-state index contributed by atoms with van der Waals surface area (Å²) < 4.78 is 5.90. The number of thioether (sulfide) groups is 1. The molecule has 1 saturated heterocycles. The Labute approximate surface area is 181 Å². The Kier molecular flexibility index (Phi) is 6.37. The van der Waals surface area contributed by atoms with Crippen molar-refractivity contribution < 1.29 is 24.0 Å². The number of carbonyl (C=O) groups excluding carboxylic acids is 1. The normalized spacial score (nSPS) is 16.5. The van der Waals surface area contributed by atoms with Crippen molar-refractivity contribution in [3.05, 3.63) is 57.2 Å². The number of furan rings is 1. The summed E-state index contributed by atoms with van der Waals surface area (Å²) in [5.74, 6) is -0.753. The lowest BCUT2D eigenvalue weighted by Gasteiger charge is -2.24. The molecular formula is C20H18N2O6S2. The number of benzene rings is 1. The van der Waals surface area contributed by atoms with Gasteiger partial charge in [0.25, 0.3) is 11.6 Å². The molecule has 8 nitrogen and oxygen atoms in total. The van der Waals surface area contributed by atoms with Crippen LogP contribution in [0.25, 0.3) is 17.4 Å². The highest BCUT2D eigenvalue weighted by atomic mass is 32.2. The molecule has 1 aromatic carbocycles. The van der Waals surface area contributed by atoms with E-state index in [0.717, 1.165) is 16.7 Å².